The van der Waals surface area contributed by atoms with Gasteiger partial charge in [-0.15, -0.1) is 0 Å². The lowest BCUT2D eigenvalue weighted by Crippen LogP contribution is -2.36. The molecule has 1 aliphatic heterocycles. The Morgan fingerprint density at radius 3 is 2.43 bits per heavy atom. The Hall–Kier alpha value is -3.88. The number of nitriles is 1. The number of nitrogens with one attached hydrogen (secondary N) is 2. The highest BCUT2D eigenvalue weighted by atomic mass is 35.5. The van der Waals surface area contributed by atoms with Gasteiger partial charge in [0.1, 0.15) is 0 Å². The van der Waals surface area contributed by atoms with Crippen LogP contribution in [-0.4, -0.2) is 11.8 Å². The highest BCUT2D eigenvalue weighted by Gasteiger charge is 2.27. The van der Waals surface area contributed by atoms with Crippen LogP contribution in [0.4, 0.5) is 5.69 Å². The molecule has 0 saturated heterocycles. The molecule has 0 atom stereocenters. The number of fused-ring (bicyclic) bond motifs is 1. The number of imide groups is 1. The SMILES string of the molecule is N#CCc1ccc(NC=C2C(=O)NC(=O)c3ccc(-c4cccc(Cl)c4)cc32)cc1. The van der Waals surface area contributed by atoms with Gasteiger partial charge in [0.05, 0.1) is 18.1 Å². The van der Waals surface area contributed by atoms with E-state index in [1.165, 1.54) is 0 Å². The van der Waals surface area contributed by atoms with Crippen LogP contribution in [0.2, 0.25) is 5.02 Å². The van der Waals surface area contributed by atoms with E-state index in [1.807, 2.05) is 54.6 Å². The Balaban J connectivity index is 1.70. The van der Waals surface area contributed by atoms with E-state index in [0.29, 0.717) is 28.1 Å². The molecule has 6 heteroatoms. The molecule has 1 aliphatic rings. The summed E-state index contributed by atoms with van der Waals surface area (Å²) in [7, 11) is 0. The second kappa shape index (κ2) is 8.24. The lowest BCUT2D eigenvalue weighted by molar-refractivity contribution is -0.114. The summed E-state index contributed by atoms with van der Waals surface area (Å²) in [5.74, 6) is -0.894. The van der Waals surface area contributed by atoms with Gasteiger partial charge in [0.15, 0.2) is 0 Å². The maximum Gasteiger partial charge on any atom is 0.260 e. The van der Waals surface area contributed by atoms with Gasteiger partial charge in [-0.1, -0.05) is 41.9 Å². The number of amides is 2. The maximum absolute atomic E-state index is 12.5. The highest BCUT2D eigenvalue weighted by molar-refractivity contribution is 6.31. The number of carbonyl (C=O) groups excluding carboxylic acids is 2. The number of carbonyl (C=O) groups is 2. The van der Waals surface area contributed by atoms with Crippen molar-refractivity contribution >= 4 is 34.7 Å². The average Bonchev–Trinajstić information content (AvgIpc) is 2.74. The lowest BCUT2D eigenvalue weighted by atomic mass is 9.91. The van der Waals surface area contributed by atoms with E-state index in [9.17, 15) is 9.59 Å². The zero-order valence-corrected chi connectivity index (χ0v) is 16.5. The second-order valence-electron chi connectivity index (χ2n) is 6.79. The summed E-state index contributed by atoms with van der Waals surface area (Å²) in [5, 5.41) is 14.9. The number of anilines is 1. The van der Waals surface area contributed by atoms with Gasteiger partial charge < -0.3 is 5.32 Å². The van der Waals surface area contributed by atoms with Gasteiger partial charge in [-0.05, 0) is 53.1 Å². The number of halogens is 1. The Morgan fingerprint density at radius 2 is 1.70 bits per heavy atom. The quantitative estimate of drug-likeness (QED) is 0.475. The molecule has 0 radical (unpaired) electrons. The number of benzene rings is 3. The van der Waals surface area contributed by atoms with Crippen LogP contribution < -0.4 is 10.6 Å². The van der Waals surface area contributed by atoms with Gasteiger partial charge in [0.25, 0.3) is 11.8 Å². The first kappa shape index (κ1) is 19.4. The molecule has 146 valence electrons. The normalized spacial score (nSPS) is 14.1. The molecule has 1 heterocycles. The lowest BCUT2D eigenvalue weighted by Gasteiger charge is -2.19. The molecule has 5 nitrogen and oxygen atoms in total. The topological polar surface area (TPSA) is 82.0 Å². The summed E-state index contributed by atoms with van der Waals surface area (Å²) >= 11 is 6.10. The largest absolute Gasteiger partial charge is 0.361 e. The third kappa shape index (κ3) is 3.95. The van der Waals surface area contributed by atoms with Crippen LogP contribution in [0.15, 0.2) is 72.9 Å². The van der Waals surface area contributed by atoms with Crippen LogP contribution in [0.5, 0.6) is 0 Å². The molecule has 30 heavy (non-hydrogen) atoms. The van der Waals surface area contributed by atoms with Crippen LogP contribution in [-0.2, 0) is 11.2 Å². The van der Waals surface area contributed by atoms with E-state index < -0.39 is 11.8 Å². The van der Waals surface area contributed by atoms with Gasteiger partial charge in [0.2, 0.25) is 0 Å². The zero-order valence-electron chi connectivity index (χ0n) is 15.8. The fourth-order valence-corrected chi connectivity index (χ4v) is 3.47. The Kier molecular flexibility index (Phi) is 5.34. The van der Waals surface area contributed by atoms with Crippen LogP contribution in [0.1, 0.15) is 21.5 Å². The number of rotatable bonds is 4. The summed E-state index contributed by atoms with van der Waals surface area (Å²) in [6.45, 7) is 0. The van der Waals surface area contributed by atoms with Crippen molar-refractivity contribution in [3.05, 3.63) is 94.6 Å². The van der Waals surface area contributed by atoms with Crippen LogP contribution in [0, 0.1) is 11.3 Å². The number of hydrogen-bond donors (Lipinski definition) is 2. The van der Waals surface area contributed by atoms with Crippen molar-refractivity contribution in [1.82, 2.24) is 5.32 Å². The fourth-order valence-electron chi connectivity index (χ4n) is 3.28. The molecular weight excluding hydrogens is 398 g/mol. The standard InChI is InChI=1S/C24H16ClN3O2/c25-18-3-1-2-16(12-18)17-6-9-20-21(13-17)22(24(30)28-23(20)29)14-27-19-7-4-15(5-8-19)10-11-26/h1-9,12-14,27H,10H2,(H,28,29,30). The zero-order chi connectivity index (χ0) is 21.1. The number of nitrogens with zero attached hydrogens (tertiary/aromatic N) is 1. The first-order chi connectivity index (χ1) is 14.5. The van der Waals surface area contributed by atoms with Crippen molar-refractivity contribution in [2.45, 2.75) is 6.42 Å². The van der Waals surface area contributed by atoms with E-state index in [2.05, 4.69) is 16.7 Å². The molecule has 3 aromatic rings. The fraction of sp³-hybridized carbons (Fsp3) is 0.0417. The Morgan fingerprint density at radius 1 is 0.933 bits per heavy atom. The Labute approximate surface area is 178 Å². The molecule has 0 saturated carbocycles. The second-order valence-corrected chi connectivity index (χ2v) is 7.22. The van der Waals surface area contributed by atoms with Gasteiger partial charge in [0, 0.05) is 28.0 Å². The smallest absolute Gasteiger partial charge is 0.260 e. The Bertz CT molecular complexity index is 1220. The number of hydrogen-bond acceptors (Lipinski definition) is 4. The highest BCUT2D eigenvalue weighted by Crippen LogP contribution is 2.30. The van der Waals surface area contributed by atoms with Gasteiger partial charge in [-0.25, -0.2) is 0 Å². The third-order valence-electron chi connectivity index (χ3n) is 4.80. The van der Waals surface area contributed by atoms with E-state index >= 15 is 0 Å². The van der Waals surface area contributed by atoms with Crippen LogP contribution >= 0.6 is 11.6 Å². The molecule has 0 bridgehead atoms. The summed E-state index contributed by atoms with van der Waals surface area (Å²) in [6, 6.07) is 22.2. The molecule has 4 rings (SSSR count). The van der Waals surface area contributed by atoms with Gasteiger partial charge >= 0.3 is 0 Å². The van der Waals surface area contributed by atoms with E-state index in [0.717, 1.165) is 22.4 Å². The first-order valence-electron chi connectivity index (χ1n) is 9.24. The summed E-state index contributed by atoms with van der Waals surface area (Å²) in [5.41, 5.74) is 4.76. The van der Waals surface area contributed by atoms with E-state index in [1.54, 1.807) is 18.3 Å². The molecule has 0 unspecified atom stereocenters. The van der Waals surface area contributed by atoms with Crippen molar-refractivity contribution in [3.8, 4) is 17.2 Å². The molecule has 2 N–H and O–H groups in total. The predicted octanol–water partition coefficient (Wildman–Crippen LogP) is 4.80. The molecular formula is C24H16ClN3O2. The van der Waals surface area contributed by atoms with Gasteiger partial charge in [-0.2, -0.15) is 5.26 Å². The van der Waals surface area contributed by atoms with Gasteiger partial charge in [-0.3, -0.25) is 14.9 Å². The van der Waals surface area contributed by atoms with Crippen LogP contribution in [0.3, 0.4) is 0 Å². The monoisotopic (exact) mass is 413 g/mol. The van der Waals surface area contributed by atoms with Crippen LogP contribution in [0.25, 0.3) is 16.7 Å². The van der Waals surface area contributed by atoms with E-state index in [-0.39, 0.29) is 0 Å². The predicted molar refractivity (Wildman–Crippen MR) is 117 cm³/mol. The minimum absolute atomic E-state index is 0.339. The molecule has 0 spiro atoms. The third-order valence-corrected chi connectivity index (χ3v) is 5.04. The molecule has 0 fully saturated rings. The van der Waals surface area contributed by atoms with Crippen molar-refractivity contribution in [1.29, 1.82) is 5.26 Å². The van der Waals surface area contributed by atoms with Crippen molar-refractivity contribution in [2.75, 3.05) is 5.32 Å². The first-order valence-corrected chi connectivity index (χ1v) is 9.61. The van der Waals surface area contributed by atoms with Crippen molar-refractivity contribution in [2.24, 2.45) is 0 Å². The maximum atomic E-state index is 12.5. The average molecular weight is 414 g/mol. The molecule has 0 aromatic heterocycles. The minimum Gasteiger partial charge on any atom is -0.361 e. The minimum atomic E-state index is -0.468. The van der Waals surface area contributed by atoms with Crippen molar-refractivity contribution in [3.63, 3.8) is 0 Å². The molecule has 0 aliphatic carbocycles. The van der Waals surface area contributed by atoms with E-state index in [4.69, 9.17) is 16.9 Å². The van der Waals surface area contributed by atoms with Crippen molar-refractivity contribution < 1.29 is 9.59 Å². The summed E-state index contributed by atoms with van der Waals surface area (Å²) in [4.78, 5) is 24.8. The molecule has 3 aromatic carbocycles. The molecule has 2 amide bonds. The summed E-state index contributed by atoms with van der Waals surface area (Å²) in [6.07, 6.45) is 1.92. The summed E-state index contributed by atoms with van der Waals surface area (Å²) < 4.78 is 0.